The van der Waals surface area contributed by atoms with Gasteiger partial charge in [-0.05, 0) is 32.4 Å². The number of anilines is 2. The van der Waals surface area contributed by atoms with Gasteiger partial charge in [-0.3, -0.25) is 4.98 Å². The number of hydrogen-bond acceptors (Lipinski definition) is 5. The Bertz CT molecular complexity index is 536. The third-order valence-corrected chi connectivity index (χ3v) is 2.74. The van der Waals surface area contributed by atoms with Crippen molar-refractivity contribution >= 4 is 11.8 Å². The van der Waals surface area contributed by atoms with E-state index in [4.69, 9.17) is 0 Å². The van der Waals surface area contributed by atoms with E-state index < -0.39 is 0 Å². The van der Waals surface area contributed by atoms with Crippen molar-refractivity contribution in [2.45, 2.75) is 27.3 Å². The van der Waals surface area contributed by atoms with Crippen LogP contribution in [0.4, 0.5) is 11.8 Å². The fourth-order valence-electron chi connectivity index (χ4n) is 1.65. The third kappa shape index (κ3) is 3.64. The van der Waals surface area contributed by atoms with Crippen molar-refractivity contribution < 1.29 is 0 Å². The van der Waals surface area contributed by atoms with Gasteiger partial charge in [0.15, 0.2) is 0 Å². The molecule has 0 spiro atoms. The minimum Gasteiger partial charge on any atom is -0.366 e. The van der Waals surface area contributed by atoms with Crippen LogP contribution in [0, 0.1) is 13.8 Å². The molecule has 19 heavy (non-hydrogen) atoms. The van der Waals surface area contributed by atoms with Gasteiger partial charge in [-0.25, -0.2) is 4.98 Å². The van der Waals surface area contributed by atoms with Gasteiger partial charge in [0, 0.05) is 36.7 Å². The van der Waals surface area contributed by atoms with E-state index in [1.807, 2.05) is 39.2 Å². The lowest BCUT2D eigenvalue weighted by molar-refractivity contribution is 1.02. The molecule has 0 bridgehead atoms. The molecule has 0 aliphatic carbocycles. The maximum absolute atomic E-state index is 4.44. The maximum Gasteiger partial charge on any atom is 0.224 e. The second-order valence-corrected chi connectivity index (χ2v) is 4.42. The molecule has 0 radical (unpaired) electrons. The van der Waals surface area contributed by atoms with Crippen LogP contribution in [0.25, 0.3) is 0 Å². The monoisotopic (exact) mass is 257 g/mol. The van der Waals surface area contributed by atoms with Gasteiger partial charge in [-0.2, -0.15) is 4.98 Å². The maximum atomic E-state index is 4.44. The number of nitrogens with zero attached hydrogens (tertiary/aromatic N) is 3. The van der Waals surface area contributed by atoms with Crippen LogP contribution in [-0.4, -0.2) is 21.5 Å². The van der Waals surface area contributed by atoms with Crippen LogP contribution >= 0.6 is 0 Å². The number of aryl methyl sites for hydroxylation is 2. The first-order valence-electron chi connectivity index (χ1n) is 6.42. The van der Waals surface area contributed by atoms with Crippen molar-refractivity contribution in [1.29, 1.82) is 0 Å². The van der Waals surface area contributed by atoms with Crippen molar-refractivity contribution in [2.75, 3.05) is 17.2 Å². The minimum absolute atomic E-state index is 0.651. The highest BCUT2D eigenvalue weighted by Crippen LogP contribution is 2.13. The number of aromatic nitrogens is 3. The summed E-state index contributed by atoms with van der Waals surface area (Å²) < 4.78 is 0. The van der Waals surface area contributed by atoms with E-state index in [9.17, 15) is 0 Å². The van der Waals surface area contributed by atoms with Gasteiger partial charge in [-0.15, -0.1) is 0 Å². The molecular formula is C14H19N5. The highest BCUT2D eigenvalue weighted by atomic mass is 15.1. The largest absolute Gasteiger partial charge is 0.366 e. The molecule has 2 heterocycles. The Balaban J connectivity index is 2.05. The quantitative estimate of drug-likeness (QED) is 0.861. The van der Waals surface area contributed by atoms with Crippen LogP contribution in [-0.2, 0) is 6.54 Å². The van der Waals surface area contributed by atoms with Crippen LogP contribution in [0.5, 0.6) is 0 Å². The Hall–Kier alpha value is -2.17. The van der Waals surface area contributed by atoms with Crippen LogP contribution in [0.3, 0.4) is 0 Å². The van der Waals surface area contributed by atoms with Gasteiger partial charge in [0.25, 0.3) is 0 Å². The molecule has 5 heteroatoms. The van der Waals surface area contributed by atoms with E-state index in [0.717, 1.165) is 29.2 Å². The van der Waals surface area contributed by atoms with E-state index >= 15 is 0 Å². The second-order valence-electron chi connectivity index (χ2n) is 4.42. The molecule has 0 amide bonds. The summed E-state index contributed by atoms with van der Waals surface area (Å²) in [5.41, 5.74) is 3.19. The molecule has 0 saturated carbocycles. The molecule has 2 rings (SSSR count). The summed E-state index contributed by atoms with van der Waals surface area (Å²) in [6.07, 6.45) is 3.70. The SMILES string of the molecule is CCNc1ncc(C)c(NCc2ccc(C)nc2)n1. The van der Waals surface area contributed by atoms with Crippen molar-refractivity contribution in [1.82, 2.24) is 15.0 Å². The van der Waals surface area contributed by atoms with Gasteiger partial charge in [-0.1, -0.05) is 6.07 Å². The average molecular weight is 257 g/mol. The molecule has 0 aromatic carbocycles. The first-order valence-corrected chi connectivity index (χ1v) is 6.42. The lowest BCUT2D eigenvalue weighted by atomic mass is 10.2. The smallest absolute Gasteiger partial charge is 0.224 e. The van der Waals surface area contributed by atoms with Crippen LogP contribution in [0.2, 0.25) is 0 Å². The first kappa shape index (κ1) is 13.3. The Morgan fingerprint density at radius 2 is 1.89 bits per heavy atom. The normalized spacial score (nSPS) is 10.3. The molecule has 0 unspecified atom stereocenters. The van der Waals surface area contributed by atoms with Crippen LogP contribution < -0.4 is 10.6 Å². The van der Waals surface area contributed by atoms with E-state index in [2.05, 4.69) is 31.7 Å². The number of pyridine rings is 1. The summed E-state index contributed by atoms with van der Waals surface area (Å²) in [7, 11) is 0. The summed E-state index contributed by atoms with van der Waals surface area (Å²) in [6, 6.07) is 4.07. The van der Waals surface area contributed by atoms with Gasteiger partial charge in [0.05, 0.1) is 0 Å². The highest BCUT2D eigenvalue weighted by Gasteiger charge is 2.03. The summed E-state index contributed by atoms with van der Waals surface area (Å²) in [4.78, 5) is 12.9. The van der Waals surface area contributed by atoms with E-state index in [1.54, 1.807) is 0 Å². The lowest BCUT2D eigenvalue weighted by Crippen LogP contribution is -2.08. The second kappa shape index (κ2) is 6.13. The Labute approximate surface area is 113 Å². The molecule has 0 aliphatic rings. The molecule has 2 N–H and O–H groups in total. The molecule has 0 aliphatic heterocycles. The van der Waals surface area contributed by atoms with Crippen molar-refractivity contribution in [3.8, 4) is 0 Å². The van der Waals surface area contributed by atoms with Crippen molar-refractivity contribution in [2.24, 2.45) is 0 Å². The molecule has 0 fully saturated rings. The van der Waals surface area contributed by atoms with Gasteiger partial charge >= 0.3 is 0 Å². The lowest BCUT2D eigenvalue weighted by Gasteiger charge is -2.10. The first-order chi connectivity index (χ1) is 9.19. The Kier molecular flexibility index (Phi) is 4.28. The van der Waals surface area contributed by atoms with Crippen molar-refractivity contribution in [3.63, 3.8) is 0 Å². The fraction of sp³-hybridized carbons (Fsp3) is 0.357. The molecule has 2 aromatic heterocycles. The Morgan fingerprint density at radius 1 is 1.05 bits per heavy atom. The zero-order valence-corrected chi connectivity index (χ0v) is 11.6. The number of nitrogens with one attached hydrogen (secondary N) is 2. The summed E-state index contributed by atoms with van der Waals surface area (Å²) in [5, 5.41) is 6.42. The zero-order valence-electron chi connectivity index (χ0n) is 11.6. The third-order valence-electron chi connectivity index (χ3n) is 2.74. The van der Waals surface area contributed by atoms with E-state index in [0.29, 0.717) is 12.5 Å². The minimum atomic E-state index is 0.651. The molecule has 0 saturated heterocycles. The van der Waals surface area contributed by atoms with Crippen molar-refractivity contribution in [3.05, 3.63) is 41.3 Å². The number of rotatable bonds is 5. The Morgan fingerprint density at radius 3 is 2.58 bits per heavy atom. The van der Waals surface area contributed by atoms with Crippen LogP contribution in [0.15, 0.2) is 24.5 Å². The molecular weight excluding hydrogens is 238 g/mol. The highest BCUT2D eigenvalue weighted by molar-refractivity contribution is 5.46. The predicted octanol–water partition coefficient (Wildman–Crippen LogP) is 2.53. The standard InChI is InChI=1S/C14H19N5/c1-4-15-14-18-7-10(2)13(19-14)17-9-12-6-5-11(3)16-8-12/h5-8H,4,9H2,1-3H3,(H2,15,17,18,19). The molecule has 5 nitrogen and oxygen atoms in total. The molecule has 2 aromatic rings. The summed E-state index contributed by atoms with van der Waals surface area (Å²) in [5.74, 6) is 1.50. The summed E-state index contributed by atoms with van der Waals surface area (Å²) in [6.45, 7) is 7.51. The topological polar surface area (TPSA) is 62.7 Å². The fourth-order valence-corrected chi connectivity index (χ4v) is 1.65. The molecule has 100 valence electrons. The zero-order chi connectivity index (χ0) is 13.7. The molecule has 0 atom stereocenters. The summed E-state index contributed by atoms with van der Waals surface area (Å²) >= 11 is 0. The van der Waals surface area contributed by atoms with Crippen LogP contribution in [0.1, 0.15) is 23.7 Å². The van der Waals surface area contributed by atoms with Gasteiger partial charge in [0.2, 0.25) is 5.95 Å². The van der Waals surface area contributed by atoms with E-state index in [1.165, 1.54) is 0 Å². The van der Waals surface area contributed by atoms with Gasteiger partial charge in [0.1, 0.15) is 5.82 Å². The van der Waals surface area contributed by atoms with Gasteiger partial charge < -0.3 is 10.6 Å². The van der Waals surface area contributed by atoms with E-state index in [-0.39, 0.29) is 0 Å². The number of hydrogen-bond donors (Lipinski definition) is 2. The predicted molar refractivity (Wildman–Crippen MR) is 77.2 cm³/mol. The average Bonchev–Trinajstić information content (AvgIpc) is 2.41.